The van der Waals surface area contributed by atoms with E-state index in [2.05, 4.69) is 0 Å². The lowest BCUT2D eigenvalue weighted by molar-refractivity contribution is -0.137. The molecule has 3 aromatic rings. The van der Waals surface area contributed by atoms with Crippen molar-refractivity contribution in [1.29, 1.82) is 0 Å². The van der Waals surface area contributed by atoms with Gasteiger partial charge in [-0.3, -0.25) is 9.59 Å². The molecular weight excluding hydrogens is 406 g/mol. The van der Waals surface area contributed by atoms with Crippen LogP contribution < -0.4 is 4.74 Å². The Bertz CT molecular complexity index is 1010. The van der Waals surface area contributed by atoms with E-state index in [0.717, 1.165) is 29.1 Å². The number of carbonyl (C=O) groups excluding carboxylic acids is 1. The highest BCUT2D eigenvalue weighted by molar-refractivity contribution is 5.94. The minimum atomic E-state index is -0.772. The molecule has 6 heteroatoms. The number of furan rings is 1. The van der Waals surface area contributed by atoms with E-state index in [0.29, 0.717) is 25.1 Å². The number of carboxylic acids is 1. The first-order valence-electron chi connectivity index (χ1n) is 10.8. The molecule has 0 saturated carbocycles. The van der Waals surface area contributed by atoms with Crippen LogP contribution in [-0.2, 0) is 11.3 Å². The first-order valence-corrected chi connectivity index (χ1v) is 10.8. The zero-order valence-corrected chi connectivity index (χ0v) is 18.5. The molecule has 168 valence electrons. The summed E-state index contributed by atoms with van der Waals surface area (Å²) >= 11 is 0. The summed E-state index contributed by atoms with van der Waals surface area (Å²) in [6, 6.07) is 18.8. The SMILES string of the molecule is CC(CCOc1ccccc1CN(C)C(=O)c1ccc(-c2ccco2)cc1)CCC(=O)O. The van der Waals surface area contributed by atoms with Gasteiger partial charge in [0.25, 0.3) is 5.91 Å². The molecule has 6 nitrogen and oxygen atoms in total. The summed E-state index contributed by atoms with van der Waals surface area (Å²) in [7, 11) is 1.77. The molecule has 1 N–H and O–H groups in total. The Labute approximate surface area is 188 Å². The molecule has 1 atom stereocenters. The van der Waals surface area contributed by atoms with Crippen LogP contribution in [0.3, 0.4) is 0 Å². The van der Waals surface area contributed by atoms with Gasteiger partial charge in [-0.15, -0.1) is 0 Å². The molecule has 1 heterocycles. The van der Waals surface area contributed by atoms with E-state index in [4.69, 9.17) is 14.3 Å². The Morgan fingerprint density at radius 2 is 1.78 bits per heavy atom. The van der Waals surface area contributed by atoms with E-state index in [9.17, 15) is 9.59 Å². The first-order chi connectivity index (χ1) is 15.4. The lowest BCUT2D eigenvalue weighted by Crippen LogP contribution is -2.26. The number of rotatable bonds is 11. The number of para-hydroxylation sites is 1. The summed E-state index contributed by atoms with van der Waals surface area (Å²) in [6.07, 6.45) is 3.21. The largest absolute Gasteiger partial charge is 0.493 e. The number of hydrogen-bond acceptors (Lipinski definition) is 4. The average Bonchev–Trinajstić information content (AvgIpc) is 3.33. The molecule has 0 aliphatic carbocycles. The smallest absolute Gasteiger partial charge is 0.303 e. The fraction of sp³-hybridized carbons (Fsp3) is 0.308. The van der Waals surface area contributed by atoms with Gasteiger partial charge in [0.2, 0.25) is 0 Å². The van der Waals surface area contributed by atoms with Gasteiger partial charge in [-0.2, -0.15) is 0 Å². The van der Waals surface area contributed by atoms with Gasteiger partial charge in [-0.05, 0) is 49.1 Å². The maximum absolute atomic E-state index is 12.9. The minimum absolute atomic E-state index is 0.0758. The van der Waals surface area contributed by atoms with Crippen LogP contribution in [0.5, 0.6) is 5.75 Å². The quantitative estimate of drug-likeness (QED) is 0.431. The van der Waals surface area contributed by atoms with Crippen molar-refractivity contribution in [2.24, 2.45) is 5.92 Å². The van der Waals surface area contributed by atoms with Crippen LogP contribution in [0.15, 0.2) is 71.3 Å². The van der Waals surface area contributed by atoms with E-state index >= 15 is 0 Å². The van der Waals surface area contributed by atoms with Crippen LogP contribution >= 0.6 is 0 Å². The molecular formula is C26H29NO5. The molecule has 0 spiro atoms. The maximum atomic E-state index is 12.9. The van der Waals surface area contributed by atoms with Gasteiger partial charge >= 0.3 is 5.97 Å². The number of nitrogens with zero attached hydrogens (tertiary/aromatic N) is 1. The highest BCUT2D eigenvalue weighted by Crippen LogP contribution is 2.23. The predicted molar refractivity (Wildman–Crippen MR) is 123 cm³/mol. The van der Waals surface area contributed by atoms with Gasteiger partial charge in [0, 0.05) is 36.7 Å². The summed E-state index contributed by atoms with van der Waals surface area (Å²) in [5, 5.41) is 8.80. The number of benzene rings is 2. The van der Waals surface area contributed by atoms with Gasteiger partial charge in [0.05, 0.1) is 12.9 Å². The normalized spacial score (nSPS) is 11.7. The molecule has 0 radical (unpaired) electrons. The molecule has 1 unspecified atom stereocenters. The van der Waals surface area contributed by atoms with Crippen LogP contribution in [0.2, 0.25) is 0 Å². The van der Waals surface area contributed by atoms with Crippen LogP contribution in [0, 0.1) is 5.92 Å². The van der Waals surface area contributed by atoms with E-state index in [-0.39, 0.29) is 18.2 Å². The first kappa shape index (κ1) is 23.1. The summed E-state index contributed by atoms with van der Waals surface area (Å²) in [6.45, 7) is 2.95. The minimum Gasteiger partial charge on any atom is -0.493 e. The van der Waals surface area contributed by atoms with E-state index < -0.39 is 5.97 Å². The van der Waals surface area contributed by atoms with E-state index in [1.807, 2.05) is 55.5 Å². The third-order valence-corrected chi connectivity index (χ3v) is 5.38. The Morgan fingerprint density at radius 3 is 2.47 bits per heavy atom. The fourth-order valence-electron chi connectivity index (χ4n) is 3.43. The summed E-state index contributed by atoms with van der Waals surface area (Å²) in [5.41, 5.74) is 2.45. The van der Waals surface area contributed by atoms with Crippen molar-refractivity contribution in [2.45, 2.75) is 32.7 Å². The van der Waals surface area contributed by atoms with Gasteiger partial charge < -0.3 is 19.2 Å². The van der Waals surface area contributed by atoms with E-state index in [1.54, 1.807) is 30.3 Å². The second-order valence-corrected chi connectivity index (χ2v) is 8.00. The topological polar surface area (TPSA) is 80.0 Å². The van der Waals surface area contributed by atoms with Crippen LogP contribution in [0.25, 0.3) is 11.3 Å². The molecule has 3 rings (SSSR count). The van der Waals surface area contributed by atoms with Crippen LogP contribution in [-0.4, -0.2) is 35.5 Å². The molecule has 0 saturated heterocycles. The molecule has 0 fully saturated rings. The number of hydrogen-bond donors (Lipinski definition) is 1. The Balaban J connectivity index is 1.57. The monoisotopic (exact) mass is 435 g/mol. The van der Waals surface area contributed by atoms with Gasteiger partial charge in [0.1, 0.15) is 11.5 Å². The second kappa shape index (κ2) is 11.2. The van der Waals surface area contributed by atoms with E-state index in [1.165, 1.54) is 0 Å². The number of carbonyl (C=O) groups is 2. The second-order valence-electron chi connectivity index (χ2n) is 8.00. The Kier molecular flexibility index (Phi) is 8.08. The van der Waals surface area contributed by atoms with Crippen molar-refractivity contribution in [3.8, 4) is 17.1 Å². The van der Waals surface area contributed by atoms with Crippen molar-refractivity contribution in [3.05, 3.63) is 78.1 Å². The summed E-state index contributed by atoms with van der Waals surface area (Å²) in [4.78, 5) is 25.3. The fourth-order valence-corrected chi connectivity index (χ4v) is 3.43. The number of carboxylic acid groups (broad SMARTS) is 1. The third kappa shape index (κ3) is 6.48. The van der Waals surface area contributed by atoms with Crippen molar-refractivity contribution in [2.75, 3.05) is 13.7 Å². The zero-order valence-electron chi connectivity index (χ0n) is 18.5. The summed E-state index contributed by atoms with van der Waals surface area (Å²) in [5.74, 6) is 0.928. The molecule has 0 aliphatic rings. The highest BCUT2D eigenvalue weighted by Gasteiger charge is 2.15. The number of aliphatic carboxylic acids is 1. The number of ether oxygens (including phenoxy) is 1. The van der Waals surface area contributed by atoms with Crippen molar-refractivity contribution >= 4 is 11.9 Å². The lowest BCUT2D eigenvalue weighted by atomic mass is 10.0. The lowest BCUT2D eigenvalue weighted by Gasteiger charge is -2.20. The molecule has 0 bridgehead atoms. The maximum Gasteiger partial charge on any atom is 0.303 e. The molecule has 0 aliphatic heterocycles. The predicted octanol–water partition coefficient (Wildman–Crippen LogP) is 5.49. The Hall–Kier alpha value is -3.54. The third-order valence-electron chi connectivity index (χ3n) is 5.38. The van der Waals surface area contributed by atoms with Crippen LogP contribution in [0.1, 0.15) is 42.1 Å². The molecule has 2 aromatic carbocycles. The average molecular weight is 436 g/mol. The molecule has 1 amide bonds. The van der Waals surface area contributed by atoms with Crippen molar-refractivity contribution in [3.63, 3.8) is 0 Å². The van der Waals surface area contributed by atoms with Gasteiger partial charge in [-0.25, -0.2) is 0 Å². The standard InChI is InChI=1S/C26H29NO5/c1-19(9-14-25(28)29)15-17-32-24-7-4-3-6-22(24)18-27(2)26(30)21-12-10-20(11-13-21)23-8-5-16-31-23/h3-8,10-13,16,19H,9,14-15,17-18H2,1-2H3,(H,28,29). The summed E-state index contributed by atoms with van der Waals surface area (Å²) < 4.78 is 11.4. The van der Waals surface area contributed by atoms with Crippen molar-refractivity contribution in [1.82, 2.24) is 4.90 Å². The molecule has 1 aromatic heterocycles. The van der Waals surface area contributed by atoms with Gasteiger partial charge in [-0.1, -0.05) is 37.3 Å². The van der Waals surface area contributed by atoms with Gasteiger partial charge in [0.15, 0.2) is 0 Å². The number of amides is 1. The zero-order chi connectivity index (χ0) is 22.9. The highest BCUT2D eigenvalue weighted by atomic mass is 16.5. The van der Waals surface area contributed by atoms with Crippen LogP contribution in [0.4, 0.5) is 0 Å². The van der Waals surface area contributed by atoms with Crippen molar-refractivity contribution < 1.29 is 23.8 Å². The Morgan fingerprint density at radius 1 is 1.03 bits per heavy atom. The molecule has 32 heavy (non-hydrogen) atoms.